The fourth-order valence-corrected chi connectivity index (χ4v) is 1.43. The molecule has 0 aromatic carbocycles. The van der Waals surface area contributed by atoms with E-state index in [0.717, 1.165) is 13.5 Å². The first-order valence-corrected chi connectivity index (χ1v) is 6.25. The van der Waals surface area contributed by atoms with Crippen molar-refractivity contribution in [3.8, 4) is 0 Å². The van der Waals surface area contributed by atoms with E-state index in [-0.39, 0.29) is 6.61 Å². The van der Waals surface area contributed by atoms with Crippen molar-refractivity contribution in [1.29, 1.82) is 0 Å². The molecule has 0 saturated carbocycles. The molecule has 0 radical (unpaired) electrons. The maximum Gasteiger partial charge on any atom is 0.414 e. The molecule has 0 aliphatic heterocycles. The van der Waals surface area contributed by atoms with Crippen LogP contribution in [0.5, 0.6) is 0 Å². The summed E-state index contributed by atoms with van der Waals surface area (Å²) in [6.45, 7) is 6.35. The molecule has 0 fully saturated rings. The fraction of sp³-hybridized carbons (Fsp3) is 0.692. The van der Waals surface area contributed by atoms with Crippen LogP contribution in [0.1, 0.15) is 32.1 Å². The molecule has 1 rings (SSSR count). The van der Waals surface area contributed by atoms with E-state index in [4.69, 9.17) is 9.15 Å². The Balaban J connectivity index is 2.44. The van der Waals surface area contributed by atoms with Gasteiger partial charge in [-0.15, -0.1) is 0 Å². The van der Waals surface area contributed by atoms with Crippen molar-refractivity contribution in [1.82, 2.24) is 5.32 Å². The van der Waals surface area contributed by atoms with Gasteiger partial charge in [-0.2, -0.15) is 13.2 Å². The van der Waals surface area contributed by atoms with Crippen molar-refractivity contribution in [3.63, 3.8) is 0 Å². The summed E-state index contributed by atoms with van der Waals surface area (Å²) in [4.78, 5) is 0. The van der Waals surface area contributed by atoms with Gasteiger partial charge >= 0.3 is 6.18 Å². The highest BCUT2D eigenvalue weighted by Crippen LogP contribution is 2.24. The highest BCUT2D eigenvalue weighted by Gasteiger charge is 2.36. The summed E-state index contributed by atoms with van der Waals surface area (Å²) in [7, 11) is 0. The molecule has 1 N–H and O–H groups in total. The van der Waals surface area contributed by atoms with Crippen molar-refractivity contribution >= 4 is 0 Å². The molecule has 1 atom stereocenters. The van der Waals surface area contributed by atoms with Crippen LogP contribution in [-0.4, -0.2) is 18.8 Å². The van der Waals surface area contributed by atoms with Gasteiger partial charge in [0.15, 0.2) is 6.10 Å². The van der Waals surface area contributed by atoms with Crippen LogP contribution in [0.4, 0.5) is 13.2 Å². The van der Waals surface area contributed by atoms with Crippen molar-refractivity contribution < 1.29 is 22.3 Å². The zero-order valence-electron chi connectivity index (χ0n) is 11.4. The lowest BCUT2D eigenvalue weighted by Gasteiger charge is -2.16. The molecule has 0 amide bonds. The van der Waals surface area contributed by atoms with E-state index in [1.54, 1.807) is 6.07 Å². The van der Waals surface area contributed by atoms with Crippen molar-refractivity contribution in [2.45, 2.75) is 46.2 Å². The van der Waals surface area contributed by atoms with Gasteiger partial charge in [-0.25, -0.2) is 0 Å². The zero-order valence-corrected chi connectivity index (χ0v) is 11.4. The normalized spacial score (nSPS) is 14.1. The lowest BCUT2D eigenvalue weighted by Crippen LogP contribution is -2.28. The quantitative estimate of drug-likeness (QED) is 0.829. The highest BCUT2D eigenvalue weighted by atomic mass is 19.4. The first-order valence-electron chi connectivity index (χ1n) is 6.25. The largest absolute Gasteiger partial charge is 0.468 e. The summed E-state index contributed by atoms with van der Waals surface area (Å²) < 4.78 is 47.0. The Morgan fingerprint density at radius 2 is 2.00 bits per heavy atom. The molecule has 1 unspecified atom stereocenters. The molecule has 0 spiro atoms. The number of rotatable bonds is 7. The predicted molar refractivity (Wildman–Crippen MR) is 65.6 cm³/mol. The van der Waals surface area contributed by atoms with Crippen LogP contribution in [-0.2, 0) is 17.9 Å². The first-order chi connectivity index (χ1) is 8.80. The Morgan fingerprint density at radius 3 is 2.58 bits per heavy atom. The van der Waals surface area contributed by atoms with Crippen LogP contribution >= 0.6 is 0 Å². The summed E-state index contributed by atoms with van der Waals surface area (Å²) in [5, 5.41) is 3.17. The van der Waals surface area contributed by atoms with Gasteiger partial charge in [0.1, 0.15) is 5.76 Å². The van der Waals surface area contributed by atoms with E-state index in [2.05, 4.69) is 19.2 Å². The first kappa shape index (κ1) is 16.0. The SMILES string of the molecule is CC(C)CNCc1occc1COC(C)C(F)(F)F. The summed E-state index contributed by atoms with van der Waals surface area (Å²) in [5.41, 5.74) is 0.646. The number of ether oxygens (including phenoxy) is 1. The van der Waals surface area contributed by atoms with Gasteiger partial charge in [0.25, 0.3) is 0 Å². The molecule has 1 heterocycles. The van der Waals surface area contributed by atoms with E-state index in [1.807, 2.05) is 0 Å². The maximum absolute atomic E-state index is 12.3. The van der Waals surface area contributed by atoms with Crippen LogP contribution < -0.4 is 5.32 Å². The van der Waals surface area contributed by atoms with E-state index in [0.29, 0.717) is 23.8 Å². The lowest BCUT2D eigenvalue weighted by atomic mass is 10.2. The van der Waals surface area contributed by atoms with Gasteiger partial charge in [0, 0.05) is 5.56 Å². The number of furan rings is 1. The fourth-order valence-electron chi connectivity index (χ4n) is 1.43. The molecule has 0 bridgehead atoms. The number of halogens is 3. The Morgan fingerprint density at radius 1 is 1.32 bits per heavy atom. The smallest absolute Gasteiger partial charge is 0.414 e. The topological polar surface area (TPSA) is 34.4 Å². The van der Waals surface area contributed by atoms with Crippen LogP contribution in [0.2, 0.25) is 0 Å². The van der Waals surface area contributed by atoms with Crippen LogP contribution in [0.3, 0.4) is 0 Å². The Labute approximate surface area is 111 Å². The van der Waals surface area contributed by atoms with E-state index >= 15 is 0 Å². The van der Waals surface area contributed by atoms with Gasteiger partial charge in [0.05, 0.1) is 19.4 Å². The van der Waals surface area contributed by atoms with E-state index < -0.39 is 12.3 Å². The lowest BCUT2D eigenvalue weighted by molar-refractivity contribution is -0.217. The Bertz CT molecular complexity index is 374. The molecule has 6 heteroatoms. The molecule has 19 heavy (non-hydrogen) atoms. The third-order valence-electron chi connectivity index (χ3n) is 2.63. The van der Waals surface area contributed by atoms with Crippen LogP contribution in [0.15, 0.2) is 16.7 Å². The third-order valence-corrected chi connectivity index (χ3v) is 2.63. The molecule has 1 aromatic rings. The standard InChI is InChI=1S/C13H20F3NO2/c1-9(2)6-17-7-12-11(4-5-18-12)8-19-10(3)13(14,15)16/h4-5,9-10,17H,6-8H2,1-3H3. The van der Waals surface area contributed by atoms with Gasteiger partial charge in [0.2, 0.25) is 0 Å². The monoisotopic (exact) mass is 279 g/mol. The second kappa shape index (κ2) is 6.96. The minimum atomic E-state index is -4.33. The Kier molecular flexibility index (Phi) is 5.87. The summed E-state index contributed by atoms with van der Waals surface area (Å²) in [5.74, 6) is 1.12. The molecule has 3 nitrogen and oxygen atoms in total. The van der Waals surface area contributed by atoms with E-state index in [9.17, 15) is 13.2 Å². The second-order valence-electron chi connectivity index (χ2n) is 4.89. The molecular formula is C13H20F3NO2. The number of alkyl halides is 3. The summed E-state index contributed by atoms with van der Waals surface area (Å²) >= 11 is 0. The average molecular weight is 279 g/mol. The summed E-state index contributed by atoms with van der Waals surface area (Å²) in [6.07, 6.45) is -4.65. The van der Waals surface area contributed by atoms with Crippen molar-refractivity contribution in [2.75, 3.05) is 6.54 Å². The Hall–Kier alpha value is -1.01. The van der Waals surface area contributed by atoms with Gasteiger partial charge in [-0.1, -0.05) is 13.8 Å². The summed E-state index contributed by atoms with van der Waals surface area (Å²) in [6, 6.07) is 1.63. The third kappa shape index (κ3) is 5.65. The van der Waals surface area contributed by atoms with Gasteiger partial charge in [-0.3, -0.25) is 0 Å². The maximum atomic E-state index is 12.3. The number of hydrogen-bond donors (Lipinski definition) is 1. The zero-order chi connectivity index (χ0) is 14.5. The predicted octanol–water partition coefficient (Wildman–Crippen LogP) is 3.49. The van der Waals surface area contributed by atoms with E-state index in [1.165, 1.54) is 6.26 Å². The van der Waals surface area contributed by atoms with Crippen molar-refractivity contribution in [3.05, 3.63) is 23.7 Å². The average Bonchev–Trinajstić information content (AvgIpc) is 2.71. The highest BCUT2D eigenvalue weighted by molar-refractivity contribution is 5.15. The minimum absolute atomic E-state index is 0.101. The molecular weight excluding hydrogens is 259 g/mol. The molecule has 0 saturated heterocycles. The minimum Gasteiger partial charge on any atom is -0.468 e. The molecule has 1 aromatic heterocycles. The second-order valence-corrected chi connectivity index (χ2v) is 4.89. The van der Waals surface area contributed by atoms with Crippen molar-refractivity contribution in [2.24, 2.45) is 5.92 Å². The van der Waals surface area contributed by atoms with Crippen LogP contribution in [0, 0.1) is 5.92 Å². The molecule has 0 aliphatic rings. The number of nitrogens with one attached hydrogen (secondary N) is 1. The molecule has 110 valence electrons. The van der Waals surface area contributed by atoms with Gasteiger partial charge < -0.3 is 14.5 Å². The number of hydrogen-bond acceptors (Lipinski definition) is 3. The molecule has 0 aliphatic carbocycles. The van der Waals surface area contributed by atoms with Gasteiger partial charge in [-0.05, 0) is 25.5 Å². The van der Waals surface area contributed by atoms with Crippen LogP contribution in [0.25, 0.3) is 0 Å².